The first kappa shape index (κ1) is 22.9. The highest BCUT2D eigenvalue weighted by molar-refractivity contribution is 4.96. The number of hydrogen-bond donors (Lipinski definition) is 1. The summed E-state index contributed by atoms with van der Waals surface area (Å²) in [4.78, 5) is 0. The monoisotopic (exact) mass is 355 g/mol. The van der Waals surface area contributed by atoms with Gasteiger partial charge in [0.05, 0.1) is 6.10 Å². The third kappa shape index (κ3) is 8.88. The van der Waals surface area contributed by atoms with Crippen LogP contribution in [0.15, 0.2) is 0 Å². The van der Waals surface area contributed by atoms with Gasteiger partial charge in [-0.2, -0.15) is 5.06 Å². The molecule has 1 saturated heterocycles. The Balaban J connectivity index is 2.05. The molecule has 1 aliphatic heterocycles. The number of hydroxylamine groups is 2. The number of rotatable bonds is 10. The number of ether oxygens (including phenoxy) is 1. The minimum absolute atomic E-state index is 0.209. The van der Waals surface area contributed by atoms with E-state index in [1.54, 1.807) is 0 Å². The predicted molar refractivity (Wildman–Crippen MR) is 107 cm³/mol. The zero-order valence-electron chi connectivity index (χ0n) is 18.2. The van der Waals surface area contributed by atoms with E-state index in [1.165, 1.54) is 56.4 Å². The fourth-order valence-corrected chi connectivity index (χ4v) is 4.19. The quantitative estimate of drug-likeness (QED) is 0.449. The molecule has 1 fully saturated rings. The maximum absolute atomic E-state index is 10.3. The number of nitrogens with zero attached hydrogens (tertiary/aromatic N) is 1. The number of piperidine rings is 1. The summed E-state index contributed by atoms with van der Waals surface area (Å²) >= 11 is 0. The summed E-state index contributed by atoms with van der Waals surface area (Å²) in [5.74, 6) is 0. The zero-order chi connectivity index (χ0) is 19.1. The van der Waals surface area contributed by atoms with Gasteiger partial charge in [0.15, 0.2) is 0 Å². The van der Waals surface area contributed by atoms with Crippen LogP contribution in [-0.2, 0) is 4.74 Å². The van der Waals surface area contributed by atoms with Gasteiger partial charge in [-0.1, -0.05) is 59.3 Å². The SMILES string of the molecule is CC(C)(C)CCCCCCCCCOC1CC(C)(C)N(O)C(C)(C)C1. The van der Waals surface area contributed by atoms with Crippen LogP contribution >= 0.6 is 0 Å². The van der Waals surface area contributed by atoms with Crippen molar-refractivity contribution in [2.24, 2.45) is 5.41 Å². The smallest absolute Gasteiger partial charge is 0.0611 e. The molecule has 3 nitrogen and oxygen atoms in total. The van der Waals surface area contributed by atoms with E-state index in [-0.39, 0.29) is 17.2 Å². The van der Waals surface area contributed by atoms with Crippen molar-refractivity contribution in [3.8, 4) is 0 Å². The lowest BCUT2D eigenvalue weighted by atomic mass is 9.80. The molecule has 0 radical (unpaired) electrons. The fraction of sp³-hybridized carbons (Fsp3) is 1.00. The van der Waals surface area contributed by atoms with Gasteiger partial charge in [-0.3, -0.25) is 0 Å². The first-order valence-corrected chi connectivity index (χ1v) is 10.5. The maximum Gasteiger partial charge on any atom is 0.0611 e. The van der Waals surface area contributed by atoms with Gasteiger partial charge < -0.3 is 9.94 Å². The summed E-state index contributed by atoms with van der Waals surface area (Å²) in [6.07, 6.45) is 12.7. The average Bonchev–Trinajstić information content (AvgIpc) is 2.45. The van der Waals surface area contributed by atoms with Gasteiger partial charge >= 0.3 is 0 Å². The largest absolute Gasteiger partial charge is 0.378 e. The molecule has 0 aromatic rings. The number of unbranched alkanes of at least 4 members (excludes halogenated alkanes) is 6. The van der Waals surface area contributed by atoms with Crippen LogP contribution < -0.4 is 0 Å². The van der Waals surface area contributed by atoms with Crippen LogP contribution in [0, 0.1) is 5.41 Å². The second kappa shape index (κ2) is 9.71. The third-order valence-corrected chi connectivity index (χ3v) is 5.53. The molecule has 0 aliphatic carbocycles. The highest BCUT2D eigenvalue weighted by atomic mass is 16.5. The molecule has 150 valence electrons. The van der Waals surface area contributed by atoms with Gasteiger partial charge in [-0.25, -0.2) is 0 Å². The van der Waals surface area contributed by atoms with E-state index in [0.717, 1.165) is 19.4 Å². The van der Waals surface area contributed by atoms with Gasteiger partial charge in [0.25, 0.3) is 0 Å². The lowest BCUT2D eigenvalue weighted by Crippen LogP contribution is -2.60. The van der Waals surface area contributed by atoms with Gasteiger partial charge in [-0.15, -0.1) is 0 Å². The molecular weight excluding hydrogens is 310 g/mol. The minimum Gasteiger partial charge on any atom is -0.378 e. The van der Waals surface area contributed by atoms with Gasteiger partial charge in [0, 0.05) is 17.7 Å². The van der Waals surface area contributed by atoms with Crippen LogP contribution in [0.3, 0.4) is 0 Å². The van der Waals surface area contributed by atoms with Crippen LogP contribution in [-0.4, -0.2) is 34.1 Å². The molecular formula is C22H45NO2. The summed E-state index contributed by atoms with van der Waals surface area (Å²) in [6.45, 7) is 16.3. The normalized spacial score (nSPS) is 21.6. The lowest BCUT2D eigenvalue weighted by Gasteiger charge is -2.51. The summed E-state index contributed by atoms with van der Waals surface area (Å²) in [5, 5.41) is 11.9. The molecule has 0 amide bonds. The molecule has 0 bridgehead atoms. The van der Waals surface area contributed by atoms with Crippen molar-refractivity contribution in [2.45, 2.75) is 130 Å². The standard InChI is InChI=1S/C22H45NO2/c1-20(2,3)15-13-11-9-8-10-12-14-16-25-19-17-21(4,5)23(24)22(6,7)18-19/h19,24H,8-18H2,1-7H3. The maximum atomic E-state index is 10.3. The van der Waals surface area contributed by atoms with E-state index in [0.29, 0.717) is 5.41 Å². The second-order valence-electron chi connectivity index (χ2n) is 10.6. The zero-order valence-corrected chi connectivity index (χ0v) is 18.2. The third-order valence-electron chi connectivity index (χ3n) is 5.53. The van der Waals surface area contributed by atoms with Crippen molar-refractivity contribution in [1.29, 1.82) is 0 Å². The van der Waals surface area contributed by atoms with E-state index in [4.69, 9.17) is 4.74 Å². The Hall–Kier alpha value is -0.120. The van der Waals surface area contributed by atoms with Crippen molar-refractivity contribution < 1.29 is 9.94 Å². The van der Waals surface area contributed by atoms with E-state index in [9.17, 15) is 5.21 Å². The summed E-state index contributed by atoms with van der Waals surface area (Å²) in [6, 6.07) is 0. The first-order chi connectivity index (χ1) is 11.4. The first-order valence-electron chi connectivity index (χ1n) is 10.5. The highest BCUT2D eigenvalue weighted by Crippen LogP contribution is 2.37. The van der Waals surface area contributed by atoms with Gasteiger partial charge in [0.2, 0.25) is 0 Å². The number of hydrogen-bond acceptors (Lipinski definition) is 3. The molecule has 0 atom stereocenters. The molecule has 0 aromatic heterocycles. The Labute approximate surface area is 157 Å². The van der Waals surface area contributed by atoms with E-state index < -0.39 is 0 Å². The Morgan fingerprint density at radius 3 is 1.76 bits per heavy atom. The second-order valence-corrected chi connectivity index (χ2v) is 10.6. The molecule has 0 spiro atoms. The summed E-state index contributed by atoms with van der Waals surface area (Å²) in [7, 11) is 0. The fourth-order valence-electron chi connectivity index (χ4n) is 4.19. The highest BCUT2D eigenvalue weighted by Gasteiger charge is 2.45. The molecule has 0 aromatic carbocycles. The van der Waals surface area contributed by atoms with Crippen molar-refractivity contribution in [3.63, 3.8) is 0 Å². The molecule has 1 aliphatic rings. The predicted octanol–water partition coefficient (Wildman–Crippen LogP) is 6.58. The van der Waals surface area contributed by atoms with Gasteiger partial charge in [0.1, 0.15) is 0 Å². The molecule has 1 heterocycles. The van der Waals surface area contributed by atoms with Crippen molar-refractivity contribution in [1.82, 2.24) is 5.06 Å². The Morgan fingerprint density at radius 1 is 0.840 bits per heavy atom. The van der Waals surface area contributed by atoms with Crippen molar-refractivity contribution >= 4 is 0 Å². The van der Waals surface area contributed by atoms with Gasteiger partial charge in [-0.05, 0) is 58.8 Å². The van der Waals surface area contributed by atoms with E-state index in [2.05, 4.69) is 48.5 Å². The Kier molecular flexibility index (Phi) is 8.90. The Morgan fingerprint density at radius 2 is 1.28 bits per heavy atom. The molecule has 1 N–H and O–H groups in total. The average molecular weight is 356 g/mol. The Bertz CT molecular complexity index is 353. The molecule has 0 unspecified atom stereocenters. The molecule has 1 rings (SSSR count). The van der Waals surface area contributed by atoms with Crippen LogP contribution in [0.25, 0.3) is 0 Å². The van der Waals surface area contributed by atoms with Crippen LogP contribution in [0.2, 0.25) is 0 Å². The van der Waals surface area contributed by atoms with Crippen LogP contribution in [0.1, 0.15) is 113 Å². The topological polar surface area (TPSA) is 32.7 Å². The molecule has 25 heavy (non-hydrogen) atoms. The van der Waals surface area contributed by atoms with Crippen molar-refractivity contribution in [2.75, 3.05) is 6.61 Å². The molecule has 3 heteroatoms. The van der Waals surface area contributed by atoms with Crippen LogP contribution in [0.4, 0.5) is 0 Å². The van der Waals surface area contributed by atoms with Crippen molar-refractivity contribution in [3.05, 3.63) is 0 Å². The van der Waals surface area contributed by atoms with E-state index >= 15 is 0 Å². The molecule has 0 saturated carbocycles. The lowest BCUT2D eigenvalue weighted by molar-refractivity contribution is -0.261. The summed E-state index contributed by atoms with van der Waals surface area (Å²) < 4.78 is 6.15. The summed E-state index contributed by atoms with van der Waals surface area (Å²) in [5.41, 5.74) is 0.0750. The van der Waals surface area contributed by atoms with Crippen LogP contribution in [0.5, 0.6) is 0 Å². The van der Waals surface area contributed by atoms with E-state index in [1.807, 2.05) is 0 Å². The minimum atomic E-state index is -0.209.